The number of methoxy groups -OCH3 is 1. The molecule has 0 spiro atoms. The Morgan fingerprint density at radius 1 is 1.32 bits per heavy atom. The maximum absolute atomic E-state index is 11.9. The monoisotopic (exact) mass is 259 g/mol. The highest BCUT2D eigenvalue weighted by molar-refractivity contribution is 6.14. The van der Waals surface area contributed by atoms with Gasteiger partial charge in [-0.05, 0) is 5.56 Å². The maximum Gasteiger partial charge on any atom is 0.333 e. The summed E-state index contributed by atoms with van der Waals surface area (Å²) in [7, 11) is 1.22. The van der Waals surface area contributed by atoms with Crippen LogP contribution in [0.4, 0.5) is 0 Å². The van der Waals surface area contributed by atoms with Gasteiger partial charge in [-0.25, -0.2) is 4.79 Å². The van der Waals surface area contributed by atoms with Crippen molar-refractivity contribution in [3.63, 3.8) is 0 Å². The molecule has 19 heavy (non-hydrogen) atoms. The van der Waals surface area contributed by atoms with E-state index in [1.165, 1.54) is 7.11 Å². The van der Waals surface area contributed by atoms with E-state index < -0.39 is 23.8 Å². The molecule has 98 valence electrons. The smallest absolute Gasteiger partial charge is 0.333 e. The van der Waals surface area contributed by atoms with Crippen LogP contribution in [0.3, 0.4) is 0 Å². The number of carbonyl (C=O) groups is 3. The summed E-state index contributed by atoms with van der Waals surface area (Å²) < 4.78 is 4.70. The van der Waals surface area contributed by atoms with Gasteiger partial charge >= 0.3 is 5.97 Å². The van der Waals surface area contributed by atoms with Crippen LogP contribution in [0.25, 0.3) is 0 Å². The molecule has 0 aliphatic carbocycles. The molecule has 1 heterocycles. The number of rotatable bonds is 3. The fraction of sp³-hybridized carbons (Fsp3) is 0.214. The Labute approximate surface area is 110 Å². The second-order valence-corrected chi connectivity index (χ2v) is 4.19. The van der Waals surface area contributed by atoms with Crippen molar-refractivity contribution in [2.45, 2.75) is 12.5 Å². The highest BCUT2D eigenvalue weighted by atomic mass is 16.5. The minimum absolute atomic E-state index is 0.0564. The predicted molar refractivity (Wildman–Crippen MR) is 66.8 cm³/mol. The van der Waals surface area contributed by atoms with E-state index in [0.717, 1.165) is 4.90 Å². The Bertz CT molecular complexity index is 550. The molecule has 0 radical (unpaired) electrons. The van der Waals surface area contributed by atoms with Crippen LogP contribution in [0.5, 0.6) is 0 Å². The Balaban J connectivity index is 2.45. The average Bonchev–Trinajstić information content (AvgIpc) is 2.66. The molecule has 5 nitrogen and oxygen atoms in total. The summed E-state index contributed by atoms with van der Waals surface area (Å²) in [6, 6.07) is 7.53. The Morgan fingerprint density at radius 3 is 2.42 bits per heavy atom. The van der Waals surface area contributed by atoms with Gasteiger partial charge in [-0.3, -0.25) is 14.5 Å². The second kappa shape index (κ2) is 5.06. The van der Waals surface area contributed by atoms with Gasteiger partial charge in [0.25, 0.3) is 5.91 Å². The van der Waals surface area contributed by atoms with Gasteiger partial charge in [0.1, 0.15) is 0 Å². The number of likely N-dealkylation sites (tertiary alicyclic amines) is 1. The minimum atomic E-state index is -1.05. The molecule has 5 heteroatoms. The second-order valence-electron chi connectivity index (χ2n) is 4.19. The fourth-order valence-electron chi connectivity index (χ4n) is 2.03. The molecule has 2 amide bonds. The molecule has 0 bridgehead atoms. The van der Waals surface area contributed by atoms with Crippen LogP contribution in [-0.2, 0) is 19.1 Å². The molecule has 1 aromatic rings. The van der Waals surface area contributed by atoms with Gasteiger partial charge in [-0.2, -0.15) is 0 Å². The van der Waals surface area contributed by atoms with Gasteiger partial charge in [-0.15, -0.1) is 0 Å². The summed E-state index contributed by atoms with van der Waals surface area (Å²) in [6.07, 6.45) is -0.0564. The van der Waals surface area contributed by atoms with Crippen molar-refractivity contribution in [2.75, 3.05) is 7.11 Å². The van der Waals surface area contributed by atoms with Crippen LogP contribution in [0.15, 0.2) is 42.5 Å². The number of amides is 2. The normalized spacial score (nSPS) is 16.7. The van der Waals surface area contributed by atoms with Gasteiger partial charge in [0.15, 0.2) is 6.04 Å². The van der Waals surface area contributed by atoms with Gasteiger partial charge in [0.05, 0.1) is 13.5 Å². The number of esters is 1. The number of carbonyl (C=O) groups excluding carboxylic acids is 3. The molecule has 1 aromatic carbocycles. The number of nitrogens with zero attached hydrogens (tertiary/aromatic N) is 1. The molecular weight excluding hydrogens is 246 g/mol. The zero-order valence-electron chi connectivity index (χ0n) is 10.5. The number of hydrogen-bond acceptors (Lipinski definition) is 4. The van der Waals surface area contributed by atoms with E-state index in [0.29, 0.717) is 5.56 Å². The number of benzene rings is 1. The fourth-order valence-corrected chi connectivity index (χ4v) is 2.03. The Kier molecular flexibility index (Phi) is 3.46. The molecule has 0 N–H and O–H groups in total. The molecule has 1 aliphatic heterocycles. The van der Waals surface area contributed by atoms with Crippen molar-refractivity contribution in [1.29, 1.82) is 0 Å². The zero-order chi connectivity index (χ0) is 14.0. The Morgan fingerprint density at radius 2 is 1.95 bits per heavy atom. The number of hydrogen-bond donors (Lipinski definition) is 0. The molecule has 1 saturated heterocycles. The summed E-state index contributed by atoms with van der Waals surface area (Å²) in [5.74, 6) is -1.61. The lowest BCUT2D eigenvalue weighted by Crippen LogP contribution is -2.38. The number of ether oxygens (including phenoxy) is 1. The van der Waals surface area contributed by atoms with Crippen molar-refractivity contribution >= 4 is 17.8 Å². The lowest BCUT2D eigenvalue weighted by atomic mass is 10.1. The standard InChI is InChI=1S/C14H13NO4/c1-9-8-11(16)15(13(9)17)12(14(18)19-2)10-6-4-3-5-7-10/h3-7,12H,1,8H2,2H3/t12-/m0/s1. The van der Waals surface area contributed by atoms with E-state index in [2.05, 4.69) is 6.58 Å². The summed E-state index contributed by atoms with van der Waals surface area (Å²) in [6.45, 7) is 3.53. The first kappa shape index (κ1) is 13.0. The quantitative estimate of drug-likeness (QED) is 0.465. The molecule has 1 atom stereocenters. The van der Waals surface area contributed by atoms with Crippen molar-refractivity contribution in [3.8, 4) is 0 Å². The lowest BCUT2D eigenvalue weighted by molar-refractivity contribution is -0.156. The Hall–Kier alpha value is -2.43. The van der Waals surface area contributed by atoms with Crippen LogP contribution in [0.1, 0.15) is 18.0 Å². The summed E-state index contributed by atoms with van der Waals surface area (Å²) >= 11 is 0. The molecule has 2 rings (SSSR count). The summed E-state index contributed by atoms with van der Waals surface area (Å²) in [5, 5.41) is 0. The molecule has 1 aliphatic rings. The van der Waals surface area contributed by atoms with Crippen molar-refractivity contribution in [3.05, 3.63) is 48.0 Å². The first-order valence-electron chi connectivity index (χ1n) is 5.73. The van der Waals surface area contributed by atoms with E-state index in [1.54, 1.807) is 30.3 Å². The topological polar surface area (TPSA) is 63.7 Å². The van der Waals surface area contributed by atoms with Crippen molar-refractivity contribution in [1.82, 2.24) is 4.90 Å². The average molecular weight is 259 g/mol. The summed E-state index contributed by atoms with van der Waals surface area (Å²) in [5.41, 5.74) is 0.723. The first-order chi connectivity index (χ1) is 9.06. The van der Waals surface area contributed by atoms with Crippen molar-refractivity contribution in [2.24, 2.45) is 0 Å². The SMILES string of the molecule is C=C1CC(=O)N([C@H](C(=O)OC)c2ccccc2)C1=O. The van der Waals surface area contributed by atoms with E-state index in [9.17, 15) is 14.4 Å². The van der Waals surface area contributed by atoms with E-state index >= 15 is 0 Å². The van der Waals surface area contributed by atoms with Crippen LogP contribution >= 0.6 is 0 Å². The molecule has 0 saturated carbocycles. The largest absolute Gasteiger partial charge is 0.467 e. The molecule has 1 fully saturated rings. The van der Waals surface area contributed by atoms with Gasteiger partial charge in [0.2, 0.25) is 5.91 Å². The highest BCUT2D eigenvalue weighted by Crippen LogP contribution is 2.29. The molecular formula is C14H13NO4. The maximum atomic E-state index is 11.9. The van der Waals surface area contributed by atoms with E-state index in [-0.39, 0.29) is 12.0 Å². The number of imide groups is 1. The van der Waals surface area contributed by atoms with Gasteiger partial charge < -0.3 is 4.74 Å². The summed E-state index contributed by atoms with van der Waals surface area (Å²) in [4.78, 5) is 36.6. The third-order valence-electron chi connectivity index (χ3n) is 2.95. The van der Waals surface area contributed by atoms with E-state index in [4.69, 9.17) is 4.74 Å². The highest BCUT2D eigenvalue weighted by Gasteiger charge is 2.42. The van der Waals surface area contributed by atoms with E-state index in [1.807, 2.05) is 0 Å². The first-order valence-corrected chi connectivity index (χ1v) is 5.73. The van der Waals surface area contributed by atoms with Crippen LogP contribution in [0.2, 0.25) is 0 Å². The molecule has 0 unspecified atom stereocenters. The van der Waals surface area contributed by atoms with Gasteiger partial charge in [0, 0.05) is 5.57 Å². The van der Waals surface area contributed by atoms with Gasteiger partial charge in [-0.1, -0.05) is 36.9 Å². The molecule has 0 aromatic heterocycles. The third-order valence-corrected chi connectivity index (χ3v) is 2.95. The van der Waals surface area contributed by atoms with Crippen molar-refractivity contribution < 1.29 is 19.1 Å². The van der Waals surface area contributed by atoms with Crippen LogP contribution in [-0.4, -0.2) is 29.8 Å². The zero-order valence-corrected chi connectivity index (χ0v) is 10.5. The van der Waals surface area contributed by atoms with Crippen LogP contribution in [0, 0.1) is 0 Å². The third kappa shape index (κ3) is 2.27. The minimum Gasteiger partial charge on any atom is -0.467 e. The lowest BCUT2D eigenvalue weighted by Gasteiger charge is -2.23. The van der Waals surface area contributed by atoms with Crippen LogP contribution < -0.4 is 0 Å². The predicted octanol–water partition coefficient (Wildman–Crippen LogP) is 1.22.